The third-order valence-electron chi connectivity index (χ3n) is 3.61. The third kappa shape index (κ3) is 3.13. The van der Waals surface area contributed by atoms with Crippen molar-refractivity contribution in [3.8, 4) is 0 Å². The molecule has 3 rings (SSSR count). The smallest absolute Gasteiger partial charge is 0.222 e. The minimum Gasteiger partial charge on any atom is -0.368 e. The van der Waals surface area contributed by atoms with E-state index in [-0.39, 0.29) is 6.04 Å². The first-order valence-corrected chi connectivity index (χ1v) is 7.25. The summed E-state index contributed by atoms with van der Waals surface area (Å²) in [5.41, 5.74) is 10.1. The van der Waals surface area contributed by atoms with Gasteiger partial charge in [0, 0.05) is 30.3 Å². The summed E-state index contributed by atoms with van der Waals surface area (Å²) in [6.45, 7) is 5.82. The van der Waals surface area contributed by atoms with Gasteiger partial charge in [-0.2, -0.15) is 10.1 Å². The van der Waals surface area contributed by atoms with Crippen molar-refractivity contribution >= 4 is 11.8 Å². The van der Waals surface area contributed by atoms with Crippen molar-refractivity contribution in [2.75, 3.05) is 17.6 Å². The van der Waals surface area contributed by atoms with E-state index in [4.69, 9.17) is 5.73 Å². The summed E-state index contributed by atoms with van der Waals surface area (Å²) in [4.78, 5) is 8.69. The van der Waals surface area contributed by atoms with Crippen LogP contribution in [0.3, 0.4) is 0 Å². The zero-order valence-electron chi connectivity index (χ0n) is 12.4. The molecular weight excluding hydrogens is 266 g/mol. The van der Waals surface area contributed by atoms with Crippen LogP contribution in [0, 0.1) is 6.92 Å². The number of rotatable bonds is 4. The molecule has 1 atom stereocenters. The first-order valence-electron chi connectivity index (χ1n) is 7.25. The van der Waals surface area contributed by atoms with E-state index in [9.17, 15) is 0 Å². The van der Waals surface area contributed by atoms with Crippen molar-refractivity contribution in [2.24, 2.45) is 0 Å². The van der Waals surface area contributed by atoms with Crippen molar-refractivity contribution in [1.82, 2.24) is 25.5 Å². The van der Waals surface area contributed by atoms with Gasteiger partial charge in [0.05, 0.1) is 11.4 Å². The van der Waals surface area contributed by atoms with E-state index in [1.54, 1.807) is 0 Å². The molecule has 3 heterocycles. The average Bonchev–Trinajstić information content (AvgIpc) is 2.83. The molecule has 0 amide bonds. The molecule has 112 valence electrons. The molecule has 0 spiro atoms. The number of aryl methyl sites for hydroxylation is 1. The van der Waals surface area contributed by atoms with Crippen LogP contribution in [0.1, 0.15) is 29.6 Å². The van der Waals surface area contributed by atoms with E-state index in [0.29, 0.717) is 5.95 Å². The number of nitrogen functional groups attached to an aromatic ring is 1. The fraction of sp³-hybridized carbons (Fsp3) is 0.500. The lowest BCUT2D eigenvalue weighted by Crippen LogP contribution is -2.28. The highest BCUT2D eigenvalue weighted by Gasteiger charge is 2.18. The van der Waals surface area contributed by atoms with Crippen LogP contribution in [0.15, 0.2) is 6.07 Å². The molecule has 1 aliphatic rings. The number of nitrogens with one attached hydrogen (secondary N) is 3. The number of H-pyrrole nitrogens is 1. The van der Waals surface area contributed by atoms with Gasteiger partial charge in [0.15, 0.2) is 0 Å². The van der Waals surface area contributed by atoms with Gasteiger partial charge in [-0.3, -0.25) is 5.10 Å². The molecule has 7 nitrogen and oxygen atoms in total. The van der Waals surface area contributed by atoms with Crippen LogP contribution in [-0.2, 0) is 19.4 Å². The van der Waals surface area contributed by atoms with E-state index in [0.717, 1.165) is 48.8 Å². The number of hydrogen-bond acceptors (Lipinski definition) is 6. The monoisotopic (exact) mass is 287 g/mol. The molecule has 0 saturated carbocycles. The van der Waals surface area contributed by atoms with Gasteiger partial charge in [0.2, 0.25) is 5.95 Å². The quantitative estimate of drug-likeness (QED) is 0.662. The lowest BCUT2D eigenvalue weighted by atomic mass is 10.1. The maximum absolute atomic E-state index is 5.81. The zero-order valence-corrected chi connectivity index (χ0v) is 12.4. The standard InChI is InChI=1S/C14H21N7/c1-8(5-10-6-9(2)20-21-10)17-13-11-3-4-16-7-12(11)18-14(15)19-13/h6,8,16H,3-5,7H2,1-2H3,(H,20,21)(H3,15,17,18,19). The molecule has 2 aromatic rings. The van der Waals surface area contributed by atoms with E-state index in [1.807, 2.05) is 6.92 Å². The number of anilines is 2. The molecule has 0 fully saturated rings. The summed E-state index contributed by atoms with van der Waals surface area (Å²) in [5, 5.41) is 14.0. The van der Waals surface area contributed by atoms with E-state index in [2.05, 4.69) is 43.8 Å². The van der Waals surface area contributed by atoms with E-state index < -0.39 is 0 Å². The summed E-state index contributed by atoms with van der Waals surface area (Å²) in [7, 11) is 0. The Kier molecular flexibility index (Phi) is 3.74. The largest absolute Gasteiger partial charge is 0.368 e. The molecule has 7 heteroatoms. The van der Waals surface area contributed by atoms with Gasteiger partial charge in [-0.25, -0.2) is 4.98 Å². The van der Waals surface area contributed by atoms with Gasteiger partial charge in [0.1, 0.15) is 5.82 Å². The third-order valence-corrected chi connectivity index (χ3v) is 3.61. The molecule has 5 N–H and O–H groups in total. The maximum atomic E-state index is 5.81. The molecule has 1 unspecified atom stereocenters. The van der Waals surface area contributed by atoms with Crippen molar-refractivity contribution in [2.45, 2.75) is 39.3 Å². The highest BCUT2D eigenvalue weighted by atomic mass is 15.1. The van der Waals surface area contributed by atoms with Gasteiger partial charge in [-0.15, -0.1) is 0 Å². The highest BCUT2D eigenvalue weighted by molar-refractivity contribution is 5.51. The van der Waals surface area contributed by atoms with Crippen molar-refractivity contribution in [3.05, 3.63) is 28.7 Å². The first kappa shape index (κ1) is 13.8. The summed E-state index contributed by atoms with van der Waals surface area (Å²) in [5.74, 6) is 1.18. The summed E-state index contributed by atoms with van der Waals surface area (Å²) in [6, 6.07) is 2.28. The van der Waals surface area contributed by atoms with Crippen LogP contribution in [-0.4, -0.2) is 32.8 Å². The van der Waals surface area contributed by atoms with Crippen LogP contribution in [0.2, 0.25) is 0 Å². The van der Waals surface area contributed by atoms with Gasteiger partial charge in [-0.1, -0.05) is 0 Å². The number of hydrogen-bond donors (Lipinski definition) is 4. The van der Waals surface area contributed by atoms with Crippen LogP contribution >= 0.6 is 0 Å². The Morgan fingerprint density at radius 3 is 3.05 bits per heavy atom. The molecule has 0 bridgehead atoms. The molecular formula is C14H21N7. The Hall–Kier alpha value is -2.15. The molecule has 2 aromatic heterocycles. The fourth-order valence-corrected chi connectivity index (χ4v) is 2.68. The van der Waals surface area contributed by atoms with Crippen LogP contribution in [0.25, 0.3) is 0 Å². The Bertz CT molecular complexity index is 634. The normalized spacial score (nSPS) is 15.5. The second kappa shape index (κ2) is 5.69. The number of nitrogens with zero attached hydrogens (tertiary/aromatic N) is 3. The van der Waals surface area contributed by atoms with Gasteiger partial charge in [0.25, 0.3) is 0 Å². The lowest BCUT2D eigenvalue weighted by Gasteiger charge is -2.22. The zero-order chi connectivity index (χ0) is 14.8. The number of nitrogens with two attached hydrogens (primary N) is 1. The van der Waals surface area contributed by atoms with Crippen LogP contribution in [0.5, 0.6) is 0 Å². The van der Waals surface area contributed by atoms with Gasteiger partial charge in [-0.05, 0) is 32.9 Å². The molecule has 0 saturated heterocycles. The fourth-order valence-electron chi connectivity index (χ4n) is 2.68. The summed E-state index contributed by atoms with van der Waals surface area (Å²) in [6.07, 6.45) is 1.76. The predicted molar refractivity (Wildman–Crippen MR) is 82.0 cm³/mol. The average molecular weight is 287 g/mol. The Balaban J connectivity index is 1.76. The second-order valence-electron chi connectivity index (χ2n) is 5.57. The molecule has 0 aromatic carbocycles. The topological polar surface area (TPSA) is 105 Å². The number of aromatic amines is 1. The first-order chi connectivity index (χ1) is 10.1. The Labute approximate surface area is 123 Å². The highest BCUT2D eigenvalue weighted by Crippen LogP contribution is 2.22. The molecule has 0 radical (unpaired) electrons. The van der Waals surface area contributed by atoms with Gasteiger partial charge < -0.3 is 16.4 Å². The molecule has 21 heavy (non-hydrogen) atoms. The van der Waals surface area contributed by atoms with Crippen molar-refractivity contribution in [3.63, 3.8) is 0 Å². The minimum absolute atomic E-state index is 0.223. The number of aromatic nitrogens is 4. The predicted octanol–water partition coefficient (Wildman–Crippen LogP) is 0.779. The summed E-state index contributed by atoms with van der Waals surface area (Å²) >= 11 is 0. The van der Waals surface area contributed by atoms with Crippen molar-refractivity contribution in [1.29, 1.82) is 0 Å². The molecule has 1 aliphatic heterocycles. The molecule has 0 aliphatic carbocycles. The Morgan fingerprint density at radius 2 is 2.29 bits per heavy atom. The second-order valence-corrected chi connectivity index (χ2v) is 5.57. The van der Waals surface area contributed by atoms with Crippen molar-refractivity contribution < 1.29 is 0 Å². The van der Waals surface area contributed by atoms with Gasteiger partial charge >= 0.3 is 0 Å². The minimum atomic E-state index is 0.223. The van der Waals surface area contributed by atoms with E-state index in [1.165, 1.54) is 5.56 Å². The van der Waals surface area contributed by atoms with Crippen LogP contribution in [0.4, 0.5) is 11.8 Å². The number of fused-ring (bicyclic) bond motifs is 1. The Morgan fingerprint density at radius 1 is 1.43 bits per heavy atom. The lowest BCUT2D eigenvalue weighted by molar-refractivity contribution is 0.623. The van der Waals surface area contributed by atoms with E-state index >= 15 is 0 Å². The van der Waals surface area contributed by atoms with Crippen LogP contribution < -0.4 is 16.4 Å². The maximum Gasteiger partial charge on any atom is 0.222 e. The summed E-state index contributed by atoms with van der Waals surface area (Å²) < 4.78 is 0. The SMILES string of the molecule is Cc1cc(CC(C)Nc2nc(N)nc3c2CCNC3)n[nH]1.